The van der Waals surface area contributed by atoms with E-state index in [1.54, 1.807) is 13.2 Å². The predicted octanol–water partition coefficient (Wildman–Crippen LogP) is 2.98. The molecule has 3 nitrogen and oxygen atoms in total. The van der Waals surface area contributed by atoms with Crippen LogP contribution in [-0.4, -0.2) is 13.2 Å². The third kappa shape index (κ3) is 1.73. The summed E-state index contributed by atoms with van der Waals surface area (Å²) in [6.07, 6.45) is 3.33. The van der Waals surface area contributed by atoms with E-state index < -0.39 is 5.54 Å². The predicted molar refractivity (Wildman–Crippen MR) is 61.8 cm³/mol. The molecular formula is C12H12ClNO2. The fourth-order valence-corrected chi connectivity index (χ4v) is 2.27. The minimum Gasteiger partial charge on any atom is -0.496 e. The molecule has 0 atom stereocenters. The van der Waals surface area contributed by atoms with Crippen molar-refractivity contribution in [2.24, 2.45) is 4.99 Å². The fraction of sp³-hybridized carbons (Fsp3) is 0.417. The molecule has 0 saturated heterocycles. The Kier molecular flexibility index (Phi) is 2.75. The van der Waals surface area contributed by atoms with Crippen LogP contribution in [0, 0.1) is 6.92 Å². The Hall–Kier alpha value is -1.31. The van der Waals surface area contributed by atoms with Gasteiger partial charge in [-0.1, -0.05) is 11.6 Å². The van der Waals surface area contributed by atoms with Gasteiger partial charge in [-0.3, -0.25) is 0 Å². The van der Waals surface area contributed by atoms with Crippen LogP contribution in [0.15, 0.2) is 17.1 Å². The third-order valence-electron chi connectivity index (χ3n) is 2.93. The average Bonchev–Trinajstić information content (AvgIpc) is 2.98. The number of aryl methyl sites for hydroxylation is 1. The molecule has 0 amide bonds. The number of ether oxygens (including phenoxy) is 1. The van der Waals surface area contributed by atoms with Gasteiger partial charge in [-0.05, 0) is 37.5 Å². The molecule has 0 N–H and O–H groups in total. The van der Waals surface area contributed by atoms with Crippen molar-refractivity contribution in [3.05, 3.63) is 28.3 Å². The van der Waals surface area contributed by atoms with Gasteiger partial charge in [0, 0.05) is 10.6 Å². The van der Waals surface area contributed by atoms with Crippen LogP contribution in [0.4, 0.5) is 0 Å². The highest BCUT2D eigenvalue weighted by atomic mass is 35.5. The van der Waals surface area contributed by atoms with E-state index >= 15 is 0 Å². The highest BCUT2D eigenvalue weighted by molar-refractivity contribution is 6.30. The Morgan fingerprint density at radius 1 is 1.50 bits per heavy atom. The molecule has 1 aromatic rings. The molecule has 1 fully saturated rings. The van der Waals surface area contributed by atoms with Crippen molar-refractivity contribution in [2.75, 3.05) is 7.11 Å². The van der Waals surface area contributed by atoms with Gasteiger partial charge in [-0.25, -0.2) is 4.79 Å². The number of nitrogens with zero attached hydrogens (tertiary/aromatic N) is 1. The number of benzene rings is 1. The van der Waals surface area contributed by atoms with E-state index in [0.717, 1.165) is 29.7 Å². The first kappa shape index (κ1) is 11.2. The number of hydrogen-bond donors (Lipinski definition) is 0. The highest BCUT2D eigenvalue weighted by Gasteiger charge is 2.47. The third-order valence-corrected chi connectivity index (χ3v) is 3.15. The van der Waals surface area contributed by atoms with Crippen LogP contribution in [0.1, 0.15) is 24.0 Å². The maximum absolute atomic E-state index is 10.4. The lowest BCUT2D eigenvalue weighted by Crippen LogP contribution is -2.06. The molecule has 0 unspecified atom stereocenters. The van der Waals surface area contributed by atoms with Gasteiger partial charge in [-0.15, -0.1) is 0 Å². The average molecular weight is 238 g/mol. The van der Waals surface area contributed by atoms with Crippen molar-refractivity contribution in [1.29, 1.82) is 0 Å². The fourth-order valence-electron chi connectivity index (χ4n) is 1.99. The number of methoxy groups -OCH3 is 1. The van der Waals surface area contributed by atoms with Crippen molar-refractivity contribution in [3.8, 4) is 5.75 Å². The summed E-state index contributed by atoms with van der Waals surface area (Å²) in [5.41, 5.74) is 1.41. The molecule has 0 radical (unpaired) electrons. The van der Waals surface area contributed by atoms with Crippen molar-refractivity contribution in [1.82, 2.24) is 0 Å². The van der Waals surface area contributed by atoms with Crippen LogP contribution in [0.25, 0.3) is 0 Å². The van der Waals surface area contributed by atoms with Gasteiger partial charge in [0.25, 0.3) is 0 Å². The monoisotopic (exact) mass is 237 g/mol. The molecule has 1 aromatic carbocycles. The number of rotatable bonds is 3. The van der Waals surface area contributed by atoms with E-state index in [2.05, 4.69) is 4.99 Å². The summed E-state index contributed by atoms with van der Waals surface area (Å²) < 4.78 is 5.36. The molecule has 84 valence electrons. The first-order chi connectivity index (χ1) is 7.63. The molecule has 0 aromatic heterocycles. The van der Waals surface area contributed by atoms with Crippen LogP contribution >= 0.6 is 11.6 Å². The molecule has 0 bridgehead atoms. The molecule has 4 heteroatoms. The molecule has 0 heterocycles. The van der Waals surface area contributed by atoms with Crippen LogP contribution in [0.3, 0.4) is 0 Å². The minimum atomic E-state index is -0.442. The number of halogens is 1. The Morgan fingerprint density at radius 2 is 2.19 bits per heavy atom. The lowest BCUT2D eigenvalue weighted by atomic mass is 10.0. The zero-order valence-electron chi connectivity index (χ0n) is 9.21. The molecule has 0 spiro atoms. The number of isocyanates is 1. The second-order valence-electron chi connectivity index (χ2n) is 4.04. The molecular weight excluding hydrogens is 226 g/mol. The number of carbonyl (C=O) groups excluding carboxylic acids is 1. The lowest BCUT2D eigenvalue weighted by Gasteiger charge is -2.16. The zero-order chi connectivity index (χ0) is 11.8. The van der Waals surface area contributed by atoms with Crippen LogP contribution in [0.5, 0.6) is 5.75 Å². The Balaban J connectivity index is 2.59. The van der Waals surface area contributed by atoms with E-state index in [0.29, 0.717) is 5.02 Å². The molecule has 1 aliphatic carbocycles. The SMILES string of the molecule is COc1c(C)cc(Cl)cc1C1(N=C=O)CC1. The number of aliphatic imine (C=N–C) groups is 1. The van der Waals surface area contributed by atoms with E-state index in [4.69, 9.17) is 16.3 Å². The van der Waals surface area contributed by atoms with Gasteiger partial charge in [0.1, 0.15) is 11.3 Å². The van der Waals surface area contributed by atoms with E-state index in [1.807, 2.05) is 19.1 Å². The molecule has 2 rings (SSSR count). The van der Waals surface area contributed by atoms with Gasteiger partial charge in [-0.2, -0.15) is 4.99 Å². The number of hydrogen-bond acceptors (Lipinski definition) is 3. The lowest BCUT2D eigenvalue weighted by molar-refractivity contribution is 0.401. The normalized spacial score (nSPS) is 16.4. The summed E-state index contributed by atoms with van der Waals surface area (Å²) in [6, 6.07) is 3.66. The van der Waals surface area contributed by atoms with Gasteiger partial charge in [0.15, 0.2) is 0 Å². The summed E-state index contributed by atoms with van der Waals surface area (Å²) in [4.78, 5) is 14.3. The van der Waals surface area contributed by atoms with Crippen molar-refractivity contribution in [2.45, 2.75) is 25.3 Å². The summed E-state index contributed by atoms with van der Waals surface area (Å²) in [7, 11) is 1.61. The second-order valence-corrected chi connectivity index (χ2v) is 4.47. The van der Waals surface area contributed by atoms with E-state index in [-0.39, 0.29) is 0 Å². The quantitative estimate of drug-likeness (QED) is 0.599. The highest BCUT2D eigenvalue weighted by Crippen LogP contribution is 2.53. The molecule has 0 aliphatic heterocycles. The van der Waals surface area contributed by atoms with Gasteiger partial charge < -0.3 is 4.74 Å². The topological polar surface area (TPSA) is 38.7 Å². The minimum absolute atomic E-state index is 0.442. The summed E-state index contributed by atoms with van der Waals surface area (Å²) in [5, 5.41) is 0.640. The molecule has 16 heavy (non-hydrogen) atoms. The van der Waals surface area contributed by atoms with Crippen molar-refractivity contribution in [3.63, 3.8) is 0 Å². The summed E-state index contributed by atoms with van der Waals surface area (Å²) >= 11 is 6.02. The van der Waals surface area contributed by atoms with E-state index in [9.17, 15) is 4.79 Å². The van der Waals surface area contributed by atoms with Crippen molar-refractivity contribution < 1.29 is 9.53 Å². The first-order valence-corrected chi connectivity index (χ1v) is 5.44. The summed E-state index contributed by atoms with van der Waals surface area (Å²) in [6.45, 7) is 1.93. The van der Waals surface area contributed by atoms with Crippen LogP contribution < -0.4 is 4.74 Å². The van der Waals surface area contributed by atoms with Crippen LogP contribution in [0.2, 0.25) is 5.02 Å². The van der Waals surface area contributed by atoms with Gasteiger partial charge in [0.2, 0.25) is 6.08 Å². The Labute approximate surface area is 99.1 Å². The zero-order valence-corrected chi connectivity index (χ0v) is 9.97. The van der Waals surface area contributed by atoms with E-state index in [1.165, 1.54) is 0 Å². The Bertz CT molecular complexity index is 474. The smallest absolute Gasteiger partial charge is 0.235 e. The van der Waals surface area contributed by atoms with Crippen LogP contribution in [-0.2, 0) is 10.3 Å². The standard InChI is InChI=1S/C12H12ClNO2/c1-8-5-9(13)6-10(11(8)16-2)12(3-4-12)14-7-15/h5-6H,3-4H2,1-2H3. The molecule has 1 saturated carbocycles. The van der Waals surface area contributed by atoms with Gasteiger partial charge >= 0.3 is 0 Å². The van der Waals surface area contributed by atoms with Crippen molar-refractivity contribution >= 4 is 17.7 Å². The maximum atomic E-state index is 10.4. The Morgan fingerprint density at radius 3 is 2.69 bits per heavy atom. The maximum Gasteiger partial charge on any atom is 0.235 e. The molecule has 1 aliphatic rings. The summed E-state index contributed by atoms with van der Waals surface area (Å²) in [5.74, 6) is 0.765. The second kappa shape index (κ2) is 3.93. The van der Waals surface area contributed by atoms with Gasteiger partial charge in [0.05, 0.1) is 7.11 Å². The first-order valence-electron chi connectivity index (χ1n) is 5.06. The largest absolute Gasteiger partial charge is 0.496 e.